The van der Waals surface area contributed by atoms with Crippen molar-refractivity contribution in [2.45, 2.75) is 245 Å². The second kappa shape index (κ2) is 44.3. The molecular weight excluding hydrogens is 946 g/mol. The standard InChI is InChI=1S/2C27H44O5.Ba/c2*1-3-4-5-6-7-8-9-10-11-15-18-25(31-22-24-16-13-12-14-17-24)21-26(32-23(2)28)19-20-27(29)30;/h2*12-14,16-17,25-26H,3-11,15,18-22H2,1-2H3,(H,29,30);/q;;+2/p-2. The van der Waals surface area contributed by atoms with E-state index in [1.165, 1.54) is 117 Å². The average molecular weight is 1030 g/mol. The molecule has 364 valence electrons. The number of carboxylic acid groups (broad SMARTS) is 2. The van der Waals surface area contributed by atoms with Gasteiger partial charge in [0.2, 0.25) is 0 Å². The van der Waals surface area contributed by atoms with Crippen LogP contribution in [0.4, 0.5) is 0 Å². The van der Waals surface area contributed by atoms with Crippen LogP contribution in [0.3, 0.4) is 0 Å². The summed E-state index contributed by atoms with van der Waals surface area (Å²) in [7, 11) is 0. The minimum absolute atomic E-state index is 0. The van der Waals surface area contributed by atoms with E-state index in [9.17, 15) is 29.4 Å². The number of esters is 2. The van der Waals surface area contributed by atoms with Crippen molar-refractivity contribution in [3.63, 3.8) is 0 Å². The Bertz CT molecular complexity index is 1320. The van der Waals surface area contributed by atoms with Crippen LogP contribution in [-0.2, 0) is 51.3 Å². The largest absolute Gasteiger partial charge is 2.00 e. The van der Waals surface area contributed by atoms with E-state index in [0.717, 1.165) is 49.7 Å². The molecule has 0 fully saturated rings. The van der Waals surface area contributed by atoms with Gasteiger partial charge in [0, 0.05) is 38.6 Å². The molecular formula is C54H86BaO10. The van der Waals surface area contributed by atoms with Gasteiger partial charge in [0.25, 0.3) is 0 Å². The minimum Gasteiger partial charge on any atom is -0.550 e. The maximum Gasteiger partial charge on any atom is 2.00 e. The summed E-state index contributed by atoms with van der Waals surface area (Å²) in [6.07, 6.45) is 27.5. The first-order valence-corrected chi connectivity index (χ1v) is 25.1. The molecule has 2 aromatic carbocycles. The van der Waals surface area contributed by atoms with Crippen LogP contribution in [0, 0.1) is 0 Å². The quantitative estimate of drug-likeness (QED) is 0.0358. The number of carbonyl (C=O) groups excluding carboxylic acids is 4. The molecule has 10 nitrogen and oxygen atoms in total. The van der Waals surface area contributed by atoms with Gasteiger partial charge in [-0.1, -0.05) is 203 Å². The first-order valence-electron chi connectivity index (χ1n) is 25.1. The number of carbonyl (C=O) groups is 4. The van der Waals surface area contributed by atoms with Gasteiger partial charge in [0.15, 0.2) is 0 Å². The van der Waals surface area contributed by atoms with E-state index in [4.69, 9.17) is 18.9 Å². The van der Waals surface area contributed by atoms with Crippen LogP contribution in [0.2, 0.25) is 0 Å². The summed E-state index contributed by atoms with van der Waals surface area (Å²) < 4.78 is 23.1. The fourth-order valence-electron chi connectivity index (χ4n) is 7.90. The molecule has 0 spiro atoms. The molecule has 0 saturated carbocycles. The molecule has 4 atom stereocenters. The monoisotopic (exact) mass is 1030 g/mol. The summed E-state index contributed by atoms with van der Waals surface area (Å²) in [5.41, 5.74) is 2.19. The molecule has 0 N–H and O–H groups in total. The Morgan fingerprint density at radius 1 is 0.431 bits per heavy atom. The van der Waals surface area contributed by atoms with Gasteiger partial charge in [-0.15, -0.1) is 0 Å². The molecule has 0 aliphatic heterocycles. The summed E-state index contributed by atoms with van der Waals surface area (Å²) in [5.74, 6) is -3.04. The van der Waals surface area contributed by atoms with Crippen molar-refractivity contribution in [2.75, 3.05) is 0 Å². The van der Waals surface area contributed by atoms with E-state index in [0.29, 0.717) is 26.1 Å². The van der Waals surface area contributed by atoms with E-state index in [-0.39, 0.29) is 86.8 Å². The molecule has 0 aromatic heterocycles. The Morgan fingerprint density at radius 2 is 0.723 bits per heavy atom. The van der Waals surface area contributed by atoms with Crippen molar-refractivity contribution in [1.82, 2.24) is 0 Å². The van der Waals surface area contributed by atoms with E-state index in [2.05, 4.69) is 13.8 Å². The zero-order valence-electron chi connectivity index (χ0n) is 41.1. The molecule has 11 heteroatoms. The molecule has 0 bridgehead atoms. The predicted molar refractivity (Wildman–Crippen MR) is 258 cm³/mol. The van der Waals surface area contributed by atoms with Crippen LogP contribution in [0.15, 0.2) is 60.7 Å². The average Bonchev–Trinajstić information content (AvgIpc) is 3.27. The third-order valence-electron chi connectivity index (χ3n) is 11.5. The third kappa shape index (κ3) is 40.6. The zero-order chi connectivity index (χ0) is 46.9. The number of hydrogen-bond acceptors (Lipinski definition) is 10. The van der Waals surface area contributed by atoms with Gasteiger partial charge in [0.05, 0.1) is 25.4 Å². The molecule has 0 amide bonds. The molecule has 4 unspecified atom stereocenters. The number of ether oxygens (including phenoxy) is 4. The molecule has 2 rings (SSSR count). The van der Waals surface area contributed by atoms with Crippen LogP contribution in [0.1, 0.15) is 219 Å². The van der Waals surface area contributed by atoms with E-state index >= 15 is 0 Å². The predicted octanol–water partition coefficient (Wildman–Crippen LogP) is 11.1. The van der Waals surface area contributed by atoms with E-state index in [1.54, 1.807) is 0 Å². The van der Waals surface area contributed by atoms with Gasteiger partial charge in [-0.05, 0) is 49.7 Å². The molecule has 0 aliphatic carbocycles. The van der Waals surface area contributed by atoms with Crippen LogP contribution < -0.4 is 10.2 Å². The Hall–Kier alpha value is -2.19. The van der Waals surface area contributed by atoms with Crippen LogP contribution in [-0.4, -0.2) is 97.2 Å². The van der Waals surface area contributed by atoms with Crippen molar-refractivity contribution in [3.05, 3.63) is 71.8 Å². The number of carboxylic acids is 2. The summed E-state index contributed by atoms with van der Waals surface area (Å²) in [6, 6.07) is 20.0. The molecule has 0 heterocycles. The van der Waals surface area contributed by atoms with Crippen molar-refractivity contribution in [3.8, 4) is 0 Å². The number of benzene rings is 2. The van der Waals surface area contributed by atoms with Gasteiger partial charge in [-0.25, -0.2) is 0 Å². The Morgan fingerprint density at radius 3 is 1.00 bits per heavy atom. The molecule has 2 aromatic rings. The zero-order valence-corrected chi connectivity index (χ0v) is 45.5. The van der Waals surface area contributed by atoms with Crippen molar-refractivity contribution in [1.29, 1.82) is 0 Å². The van der Waals surface area contributed by atoms with Gasteiger partial charge in [-0.3, -0.25) is 9.59 Å². The van der Waals surface area contributed by atoms with Gasteiger partial charge in [0.1, 0.15) is 12.2 Å². The smallest absolute Gasteiger partial charge is 0.550 e. The van der Waals surface area contributed by atoms with Crippen molar-refractivity contribution in [2.24, 2.45) is 0 Å². The fourth-order valence-corrected chi connectivity index (χ4v) is 7.90. The van der Waals surface area contributed by atoms with Crippen molar-refractivity contribution >= 4 is 72.8 Å². The number of rotatable bonds is 40. The van der Waals surface area contributed by atoms with Crippen LogP contribution >= 0.6 is 0 Å². The maximum absolute atomic E-state index is 11.5. The van der Waals surface area contributed by atoms with E-state index < -0.39 is 36.1 Å². The maximum atomic E-state index is 11.5. The Labute approximate surface area is 434 Å². The van der Waals surface area contributed by atoms with Gasteiger partial charge < -0.3 is 38.7 Å². The summed E-state index contributed by atoms with van der Waals surface area (Å²) in [6.45, 7) is 8.19. The molecule has 0 aliphatic rings. The second-order valence-corrected chi connectivity index (χ2v) is 17.5. The molecule has 0 radical (unpaired) electrons. The topological polar surface area (TPSA) is 151 Å². The van der Waals surface area contributed by atoms with Crippen LogP contribution in [0.5, 0.6) is 0 Å². The van der Waals surface area contributed by atoms with Gasteiger partial charge >= 0.3 is 60.8 Å². The number of hydrogen-bond donors (Lipinski definition) is 0. The summed E-state index contributed by atoms with van der Waals surface area (Å²) in [4.78, 5) is 44.7. The number of aliphatic carboxylic acids is 2. The van der Waals surface area contributed by atoms with Crippen molar-refractivity contribution < 1.29 is 48.3 Å². The Balaban J connectivity index is 0.00000124. The normalized spacial score (nSPS) is 12.7. The second-order valence-electron chi connectivity index (χ2n) is 17.5. The molecule has 0 saturated heterocycles. The van der Waals surface area contributed by atoms with Crippen LogP contribution in [0.25, 0.3) is 0 Å². The Kier molecular flexibility index (Phi) is 42.8. The summed E-state index contributed by atoms with van der Waals surface area (Å²) in [5, 5.41) is 21.7. The first-order chi connectivity index (χ1) is 31.0. The fraction of sp³-hybridized carbons (Fsp3) is 0.704. The SMILES string of the molecule is CCCCCCCCCCCCC(CC(CCC(=O)[O-])OC(C)=O)OCc1ccccc1.CCCCCCCCCCCCC(CC(CCC(=O)[O-])OC(C)=O)OCc1ccccc1.[Ba+2]. The molecule has 65 heavy (non-hydrogen) atoms. The van der Waals surface area contributed by atoms with Gasteiger partial charge in [-0.2, -0.15) is 0 Å². The first kappa shape index (κ1) is 62.8. The third-order valence-corrected chi connectivity index (χ3v) is 11.5. The minimum atomic E-state index is -1.13. The van der Waals surface area contributed by atoms with E-state index in [1.807, 2.05) is 60.7 Å². The summed E-state index contributed by atoms with van der Waals surface area (Å²) >= 11 is 0. The number of unbranched alkanes of at least 4 members (excludes halogenated alkanes) is 18.